The van der Waals surface area contributed by atoms with Crippen LogP contribution < -0.4 is 5.73 Å². The molecule has 0 fully saturated rings. The van der Waals surface area contributed by atoms with E-state index in [9.17, 15) is 15.0 Å². The van der Waals surface area contributed by atoms with Crippen LogP contribution in [0.1, 0.15) is 28.4 Å². The molecule has 0 aromatic heterocycles. The number of amides is 1. The minimum absolute atomic E-state index is 0.154. The molecule has 1 aromatic rings. The van der Waals surface area contributed by atoms with Crippen molar-refractivity contribution in [2.75, 3.05) is 0 Å². The fourth-order valence-corrected chi connectivity index (χ4v) is 1.27. The van der Waals surface area contributed by atoms with Crippen LogP contribution in [0, 0.1) is 11.3 Å². The zero-order valence-corrected chi connectivity index (χ0v) is 8.50. The Hall–Kier alpha value is -1.90. The van der Waals surface area contributed by atoms with Crippen LogP contribution in [0.15, 0.2) is 24.3 Å². The van der Waals surface area contributed by atoms with Crippen molar-refractivity contribution >= 4 is 5.91 Å². The molecule has 84 valence electrons. The highest BCUT2D eigenvalue weighted by Gasteiger charge is 2.17. The molecule has 0 aliphatic heterocycles. The van der Waals surface area contributed by atoms with Gasteiger partial charge in [0.15, 0.2) is 0 Å². The molecular weight excluding hydrogens is 208 g/mol. The summed E-state index contributed by atoms with van der Waals surface area (Å²) in [6, 6.07) is 7.66. The molecule has 5 nitrogen and oxygen atoms in total. The monoisotopic (exact) mass is 220 g/mol. The van der Waals surface area contributed by atoms with Gasteiger partial charge in [0.05, 0.1) is 18.6 Å². The lowest BCUT2D eigenvalue weighted by Crippen LogP contribution is -2.18. The Morgan fingerprint density at radius 3 is 2.38 bits per heavy atom. The second-order valence-corrected chi connectivity index (χ2v) is 3.36. The number of hydrogen-bond acceptors (Lipinski definition) is 4. The number of aliphatic hydroxyl groups is 2. The molecule has 1 amide bonds. The topological polar surface area (TPSA) is 107 Å². The van der Waals surface area contributed by atoms with E-state index in [1.165, 1.54) is 24.3 Å². The van der Waals surface area contributed by atoms with Gasteiger partial charge < -0.3 is 15.9 Å². The summed E-state index contributed by atoms with van der Waals surface area (Å²) in [7, 11) is 0. The number of carbonyl (C=O) groups excluding carboxylic acids is 1. The van der Waals surface area contributed by atoms with Gasteiger partial charge in [0.1, 0.15) is 6.10 Å². The summed E-state index contributed by atoms with van der Waals surface area (Å²) in [6.07, 6.45) is -2.43. The molecule has 1 aromatic carbocycles. The van der Waals surface area contributed by atoms with Crippen molar-refractivity contribution in [2.45, 2.75) is 18.6 Å². The molecule has 16 heavy (non-hydrogen) atoms. The maximum Gasteiger partial charge on any atom is 0.248 e. The van der Waals surface area contributed by atoms with Crippen molar-refractivity contribution in [3.63, 3.8) is 0 Å². The molecule has 0 saturated heterocycles. The molecule has 2 atom stereocenters. The molecule has 0 aliphatic rings. The quantitative estimate of drug-likeness (QED) is 0.668. The van der Waals surface area contributed by atoms with Gasteiger partial charge in [0.25, 0.3) is 0 Å². The highest BCUT2D eigenvalue weighted by Crippen LogP contribution is 2.19. The van der Waals surface area contributed by atoms with E-state index in [1.807, 2.05) is 0 Å². The molecule has 4 N–H and O–H groups in total. The fraction of sp³-hybridized carbons (Fsp3) is 0.273. The van der Waals surface area contributed by atoms with Crippen molar-refractivity contribution < 1.29 is 15.0 Å². The van der Waals surface area contributed by atoms with Gasteiger partial charge in [-0.15, -0.1) is 0 Å². The summed E-state index contributed by atoms with van der Waals surface area (Å²) >= 11 is 0. The lowest BCUT2D eigenvalue weighted by Gasteiger charge is -2.15. The van der Waals surface area contributed by atoms with E-state index in [0.29, 0.717) is 11.1 Å². The molecule has 2 unspecified atom stereocenters. The summed E-state index contributed by atoms with van der Waals surface area (Å²) in [5.74, 6) is -0.557. The van der Waals surface area contributed by atoms with Crippen LogP contribution in [-0.4, -0.2) is 22.2 Å². The molecule has 0 heterocycles. The smallest absolute Gasteiger partial charge is 0.248 e. The Bertz CT molecular complexity index is 408. The van der Waals surface area contributed by atoms with Crippen molar-refractivity contribution in [1.82, 2.24) is 0 Å². The van der Waals surface area contributed by atoms with Crippen LogP contribution in [0.5, 0.6) is 0 Å². The van der Waals surface area contributed by atoms with E-state index in [2.05, 4.69) is 0 Å². The van der Waals surface area contributed by atoms with Crippen LogP contribution in [0.3, 0.4) is 0 Å². The van der Waals surface area contributed by atoms with Crippen molar-refractivity contribution in [3.8, 4) is 6.07 Å². The van der Waals surface area contributed by atoms with Gasteiger partial charge in [0, 0.05) is 5.56 Å². The second kappa shape index (κ2) is 5.26. The first-order valence-corrected chi connectivity index (χ1v) is 4.69. The van der Waals surface area contributed by atoms with Crippen LogP contribution in [0.2, 0.25) is 0 Å². The zero-order chi connectivity index (χ0) is 12.1. The normalized spacial score (nSPS) is 13.8. The number of aliphatic hydroxyl groups excluding tert-OH is 2. The van der Waals surface area contributed by atoms with Gasteiger partial charge >= 0.3 is 0 Å². The summed E-state index contributed by atoms with van der Waals surface area (Å²) < 4.78 is 0. The minimum atomic E-state index is -1.14. The number of primary amides is 1. The molecule has 0 aliphatic carbocycles. The Balaban J connectivity index is 2.82. The standard InChI is InChI=1S/C11H12N2O3/c12-6-5-9(14)10(15)7-1-3-8(4-2-7)11(13)16/h1-4,9-10,14-15H,5H2,(H2,13,16). The number of nitrogens with two attached hydrogens (primary N) is 1. The van der Waals surface area contributed by atoms with Crippen LogP contribution in [0.25, 0.3) is 0 Å². The maximum atomic E-state index is 10.8. The van der Waals surface area contributed by atoms with Gasteiger partial charge in [-0.25, -0.2) is 0 Å². The SMILES string of the molecule is N#CCC(O)C(O)c1ccc(C(N)=O)cc1. The number of carbonyl (C=O) groups is 1. The first-order valence-electron chi connectivity index (χ1n) is 4.69. The highest BCUT2D eigenvalue weighted by atomic mass is 16.3. The molecule has 0 saturated carbocycles. The average molecular weight is 220 g/mol. The summed E-state index contributed by atoms with van der Waals surface area (Å²) in [4.78, 5) is 10.8. The number of nitrogens with zero attached hydrogens (tertiary/aromatic N) is 1. The Morgan fingerprint density at radius 2 is 1.94 bits per heavy atom. The minimum Gasteiger partial charge on any atom is -0.389 e. The molecule has 0 spiro atoms. The predicted molar refractivity (Wildman–Crippen MR) is 56.2 cm³/mol. The van der Waals surface area contributed by atoms with Crippen LogP contribution in [0.4, 0.5) is 0 Å². The van der Waals surface area contributed by atoms with E-state index >= 15 is 0 Å². The third-order valence-electron chi connectivity index (χ3n) is 2.20. The Labute approximate surface area is 92.7 Å². The first kappa shape index (κ1) is 12.2. The molecule has 0 radical (unpaired) electrons. The van der Waals surface area contributed by atoms with E-state index in [1.54, 1.807) is 6.07 Å². The van der Waals surface area contributed by atoms with Gasteiger partial charge in [-0.3, -0.25) is 4.79 Å². The number of nitriles is 1. The first-order chi connectivity index (χ1) is 7.56. The summed E-state index contributed by atoms with van der Waals surface area (Å²) in [6.45, 7) is 0. The lowest BCUT2D eigenvalue weighted by atomic mass is 10.0. The number of benzene rings is 1. The van der Waals surface area contributed by atoms with E-state index < -0.39 is 18.1 Å². The van der Waals surface area contributed by atoms with Crippen molar-refractivity contribution in [3.05, 3.63) is 35.4 Å². The zero-order valence-electron chi connectivity index (χ0n) is 8.50. The molecule has 1 rings (SSSR count). The largest absolute Gasteiger partial charge is 0.389 e. The third kappa shape index (κ3) is 2.79. The second-order valence-electron chi connectivity index (χ2n) is 3.36. The number of hydrogen-bond donors (Lipinski definition) is 3. The fourth-order valence-electron chi connectivity index (χ4n) is 1.27. The van der Waals surface area contributed by atoms with Gasteiger partial charge in [-0.05, 0) is 17.7 Å². The number of rotatable bonds is 4. The molecule has 5 heteroatoms. The van der Waals surface area contributed by atoms with Gasteiger partial charge in [-0.1, -0.05) is 12.1 Å². The Morgan fingerprint density at radius 1 is 1.38 bits per heavy atom. The summed E-state index contributed by atoms with van der Waals surface area (Å²) in [5, 5.41) is 27.4. The predicted octanol–water partition coefficient (Wildman–Crippen LogP) is 0.0935. The average Bonchev–Trinajstić information content (AvgIpc) is 2.28. The molecule has 0 bridgehead atoms. The van der Waals surface area contributed by atoms with Gasteiger partial charge in [-0.2, -0.15) is 5.26 Å². The van der Waals surface area contributed by atoms with Crippen LogP contribution >= 0.6 is 0 Å². The highest BCUT2D eigenvalue weighted by molar-refractivity contribution is 5.92. The summed E-state index contributed by atoms with van der Waals surface area (Å²) in [5.41, 5.74) is 5.82. The maximum absolute atomic E-state index is 10.8. The van der Waals surface area contributed by atoms with E-state index in [0.717, 1.165) is 0 Å². The van der Waals surface area contributed by atoms with Gasteiger partial charge in [0.2, 0.25) is 5.91 Å². The third-order valence-corrected chi connectivity index (χ3v) is 2.20. The Kier molecular flexibility index (Phi) is 4.00. The van der Waals surface area contributed by atoms with Crippen LogP contribution in [-0.2, 0) is 0 Å². The van der Waals surface area contributed by atoms with E-state index in [4.69, 9.17) is 11.0 Å². The van der Waals surface area contributed by atoms with Crippen molar-refractivity contribution in [2.24, 2.45) is 5.73 Å². The molecular formula is C11H12N2O3. The lowest BCUT2D eigenvalue weighted by molar-refractivity contribution is 0.0216. The van der Waals surface area contributed by atoms with Crippen molar-refractivity contribution in [1.29, 1.82) is 5.26 Å². The van der Waals surface area contributed by atoms with E-state index in [-0.39, 0.29) is 6.42 Å².